The van der Waals surface area contributed by atoms with E-state index >= 15 is 0 Å². The predicted molar refractivity (Wildman–Crippen MR) is 73.1 cm³/mol. The Bertz CT molecular complexity index is 516. The molecule has 0 bridgehead atoms. The number of amides is 1. The Balaban J connectivity index is 1.54. The molecule has 0 radical (unpaired) electrons. The van der Waals surface area contributed by atoms with E-state index in [1.807, 2.05) is 28.7 Å². The molecule has 6 nitrogen and oxygen atoms in total. The van der Waals surface area contributed by atoms with Gasteiger partial charge in [0.05, 0.1) is 0 Å². The summed E-state index contributed by atoms with van der Waals surface area (Å²) in [6.07, 6.45) is 5.31. The third kappa shape index (κ3) is 2.76. The molecule has 3 heterocycles. The Hall–Kier alpha value is -1.89. The van der Waals surface area contributed by atoms with Crippen molar-refractivity contribution in [3.8, 4) is 0 Å². The van der Waals surface area contributed by atoms with Crippen LogP contribution in [0.3, 0.4) is 0 Å². The highest BCUT2D eigenvalue weighted by Gasteiger charge is 2.22. The molecular formula is C12H15N5OS. The summed E-state index contributed by atoms with van der Waals surface area (Å²) in [4.78, 5) is 20.5. The number of hydrogen-bond donors (Lipinski definition) is 0. The third-order valence-corrected chi connectivity index (χ3v) is 4.01. The van der Waals surface area contributed by atoms with Gasteiger partial charge in [0.15, 0.2) is 5.13 Å². The molecule has 2 aromatic heterocycles. The lowest BCUT2D eigenvalue weighted by Gasteiger charge is -2.34. The highest BCUT2D eigenvalue weighted by Crippen LogP contribution is 2.18. The van der Waals surface area contributed by atoms with E-state index in [1.165, 1.54) is 0 Å². The molecule has 1 aliphatic heterocycles. The summed E-state index contributed by atoms with van der Waals surface area (Å²) in [6.45, 7) is 3.51. The SMILES string of the molecule is O=C(Cn1cccn1)N1CCN(c2nccs2)CC1. The largest absolute Gasteiger partial charge is 0.345 e. The Morgan fingerprint density at radius 2 is 2.11 bits per heavy atom. The van der Waals surface area contributed by atoms with Crippen molar-refractivity contribution >= 4 is 22.4 Å². The molecule has 19 heavy (non-hydrogen) atoms. The lowest BCUT2D eigenvalue weighted by molar-refractivity contribution is -0.132. The van der Waals surface area contributed by atoms with Crippen molar-refractivity contribution in [1.29, 1.82) is 0 Å². The van der Waals surface area contributed by atoms with Crippen molar-refractivity contribution in [2.45, 2.75) is 6.54 Å². The third-order valence-electron chi connectivity index (χ3n) is 3.18. The van der Waals surface area contributed by atoms with Crippen molar-refractivity contribution in [1.82, 2.24) is 19.7 Å². The van der Waals surface area contributed by atoms with Gasteiger partial charge in [-0.3, -0.25) is 9.48 Å². The van der Waals surface area contributed by atoms with Gasteiger partial charge in [-0.05, 0) is 6.07 Å². The van der Waals surface area contributed by atoms with E-state index in [1.54, 1.807) is 22.2 Å². The molecule has 0 spiro atoms. The van der Waals surface area contributed by atoms with Crippen molar-refractivity contribution in [2.24, 2.45) is 0 Å². The molecule has 1 aliphatic rings. The maximum atomic E-state index is 12.1. The van der Waals surface area contributed by atoms with Crippen LogP contribution in [0.2, 0.25) is 0 Å². The van der Waals surface area contributed by atoms with Gasteiger partial charge in [0, 0.05) is 50.1 Å². The van der Waals surface area contributed by atoms with Crippen molar-refractivity contribution in [3.05, 3.63) is 30.0 Å². The molecule has 100 valence electrons. The number of carbonyl (C=O) groups is 1. The zero-order valence-electron chi connectivity index (χ0n) is 10.5. The number of aromatic nitrogens is 3. The first-order valence-electron chi connectivity index (χ1n) is 6.22. The normalized spacial score (nSPS) is 15.8. The summed E-state index contributed by atoms with van der Waals surface area (Å²) in [5.74, 6) is 0.127. The maximum Gasteiger partial charge on any atom is 0.244 e. The summed E-state index contributed by atoms with van der Waals surface area (Å²) in [7, 11) is 0. The summed E-state index contributed by atoms with van der Waals surface area (Å²) in [5, 5.41) is 7.07. The van der Waals surface area contributed by atoms with Gasteiger partial charge in [-0.25, -0.2) is 4.98 Å². The van der Waals surface area contributed by atoms with Crippen LogP contribution in [-0.4, -0.2) is 51.8 Å². The van der Waals surface area contributed by atoms with Crippen LogP contribution >= 0.6 is 11.3 Å². The van der Waals surface area contributed by atoms with Gasteiger partial charge in [-0.2, -0.15) is 5.10 Å². The second-order valence-electron chi connectivity index (χ2n) is 4.39. The average molecular weight is 277 g/mol. The Labute approximate surface area is 115 Å². The van der Waals surface area contributed by atoms with Gasteiger partial charge in [-0.15, -0.1) is 11.3 Å². The summed E-state index contributed by atoms with van der Waals surface area (Å²) in [6, 6.07) is 1.83. The van der Waals surface area contributed by atoms with Crippen molar-refractivity contribution in [3.63, 3.8) is 0 Å². The van der Waals surface area contributed by atoms with E-state index in [0.29, 0.717) is 6.54 Å². The van der Waals surface area contributed by atoms with Gasteiger partial charge in [0.25, 0.3) is 0 Å². The van der Waals surface area contributed by atoms with Gasteiger partial charge in [0.1, 0.15) is 6.54 Å². The molecule has 2 aromatic rings. The molecule has 1 fully saturated rings. The highest BCUT2D eigenvalue weighted by molar-refractivity contribution is 7.13. The molecule has 1 saturated heterocycles. The van der Waals surface area contributed by atoms with Crippen LogP contribution in [-0.2, 0) is 11.3 Å². The van der Waals surface area contributed by atoms with Crippen LogP contribution < -0.4 is 4.90 Å². The molecule has 0 saturated carbocycles. The summed E-state index contributed by atoms with van der Waals surface area (Å²) >= 11 is 1.64. The second-order valence-corrected chi connectivity index (χ2v) is 5.26. The Morgan fingerprint density at radius 1 is 1.26 bits per heavy atom. The second kappa shape index (κ2) is 5.40. The molecule has 7 heteroatoms. The summed E-state index contributed by atoms with van der Waals surface area (Å²) in [5.41, 5.74) is 0. The van der Waals surface area contributed by atoms with Crippen LogP contribution in [0.15, 0.2) is 30.0 Å². The molecule has 3 rings (SSSR count). The zero-order chi connectivity index (χ0) is 13.1. The lowest BCUT2D eigenvalue weighted by Crippen LogP contribution is -2.49. The quantitative estimate of drug-likeness (QED) is 0.828. The number of hydrogen-bond acceptors (Lipinski definition) is 5. The minimum atomic E-state index is 0.127. The number of anilines is 1. The molecule has 0 N–H and O–H groups in total. The van der Waals surface area contributed by atoms with E-state index in [9.17, 15) is 4.79 Å². The van der Waals surface area contributed by atoms with E-state index in [0.717, 1.165) is 31.3 Å². The zero-order valence-corrected chi connectivity index (χ0v) is 11.3. The molecule has 0 atom stereocenters. The van der Waals surface area contributed by atoms with Gasteiger partial charge < -0.3 is 9.80 Å². The monoisotopic (exact) mass is 277 g/mol. The van der Waals surface area contributed by atoms with Crippen LogP contribution in [0.4, 0.5) is 5.13 Å². The fraction of sp³-hybridized carbons (Fsp3) is 0.417. The first kappa shape index (κ1) is 12.2. The van der Waals surface area contributed by atoms with Gasteiger partial charge in [-0.1, -0.05) is 0 Å². The number of nitrogens with zero attached hydrogens (tertiary/aromatic N) is 5. The van der Waals surface area contributed by atoms with Crippen molar-refractivity contribution in [2.75, 3.05) is 31.1 Å². The number of piperazine rings is 1. The number of rotatable bonds is 3. The molecule has 0 unspecified atom stereocenters. The fourth-order valence-corrected chi connectivity index (χ4v) is 2.85. The van der Waals surface area contributed by atoms with Gasteiger partial charge >= 0.3 is 0 Å². The van der Waals surface area contributed by atoms with E-state index in [-0.39, 0.29) is 5.91 Å². The van der Waals surface area contributed by atoms with E-state index in [4.69, 9.17) is 0 Å². The molecule has 0 aliphatic carbocycles. The van der Waals surface area contributed by atoms with Crippen LogP contribution in [0.25, 0.3) is 0 Å². The lowest BCUT2D eigenvalue weighted by atomic mass is 10.3. The van der Waals surface area contributed by atoms with Gasteiger partial charge in [0.2, 0.25) is 5.91 Å². The van der Waals surface area contributed by atoms with E-state index in [2.05, 4.69) is 15.0 Å². The first-order chi connectivity index (χ1) is 9.33. The molecule has 0 aromatic carbocycles. The fourth-order valence-electron chi connectivity index (χ4n) is 2.15. The average Bonchev–Trinajstić information content (AvgIpc) is 3.12. The Morgan fingerprint density at radius 3 is 2.74 bits per heavy atom. The number of carbonyl (C=O) groups excluding carboxylic acids is 1. The minimum Gasteiger partial charge on any atom is -0.345 e. The highest BCUT2D eigenvalue weighted by atomic mass is 32.1. The topological polar surface area (TPSA) is 54.3 Å². The first-order valence-corrected chi connectivity index (χ1v) is 7.10. The van der Waals surface area contributed by atoms with Crippen molar-refractivity contribution < 1.29 is 4.79 Å². The minimum absolute atomic E-state index is 0.127. The van der Waals surface area contributed by atoms with E-state index < -0.39 is 0 Å². The van der Waals surface area contributed by atoms with Crippen LogP contribution in [0, 0.1) is 0 Å². The van der Waals surface area contributed by atoms with Crippen LogP contribution in [0.1, 0.15) is 0 Å². The molecule has 1 amide bonds. The molecular weight excluding hydrogens is 262 g/mol. The number of thiazole rings is 1. The smallest absolute Gasteiger partial charge is 0.244 e. The summed E-state index contributed by atoms with van der Waals surface area (Å²) < 4.78 is 1.66. The van der Waals surface area contributed by atoms with Crippen LogP contribution in [0.5, 0.6) is 0 Å². The maximum absolute atomic E-state index is 12.1. The Kier molecular flexibility index (Phi) is 3.45. The predicted octanol–water partition coefficient (Wildman–Crippen LogP) is 0.688. The standard InChI is InChI=1S/C12H15N5OS/c18-11(10-17-4-1-2-14-17)15-5-7-16(8-6-15)12-13-3-9-19-12/h1-4,9H,5-8,10H2.